The normalized spacial score (nSPS) is 21.4. The number of ketones is 1. The third-order valence-corrected chi connectivity index (χ3v) is 8.64. The third-order valence-electron chi connectivity index (χ3n) is 8.64. The largest absolute Gasteiger partial charge is 0.416 e. The fourth-order valence-corrected chi connectivity index (χ4v) is 6.17. The van der Waals surface area contributed by atoms with Gasteiger partial charge in [0.25, 0.3) is 5.91 Å². The molecule has 0 N–H and O–H groups in total. The second-order valence-electron chi connectivity index (χ2n) is 12.7. The summed E-state index contributed by atoms with van der Waals surface area (Å²) in [7, 11) is 0. The minimum atomic E-state index is -4.52. The number of alkyl halides is 3. The number of carbonyl (C=O) groups excluding carboxylic acids is 2. The van der Waals surface area contributed by atoms with Crippen LogP contribution in [0.15, 0.2) is 52.4 Å². The summed E-state index contributed by atoms with van der Waals surface area (Å²) in [6.07, 6.45) is 2.34. The lowest BCUT2D eigenvalue weighted by atomic mass is 9.69. The molecular weight excluding hydrogens is 539 g/mol. The van der Waals surface area contributed by atoms with Gasteiger partial charge in [0.05, 0.1) is 11.8 Å². The van der Waals surface area contributed by atoms with E-state index < -0.39 is 17.4 Å². The van der Waals surface area contributed by atoms with Crippen molar-refractivity contribution < 1.29 is 22.8 Å². The smallest absolute Gasteiger partial charge is 0.308 e. The number of hydrogen-bond acceptors (Lipinski definition) is 4. The van der Waals surface area contributed by atoms with Crippen molar-refractivity contribution in [2.75, 3.05) is 6.54 Å². The van der Waals surface area contributed by atoms with Gasteiger partial charge in [0.15, 0.2) is 0 Å². The lowest BCUT2D eigenvalue weighted by Gasteiger charge is -2.45. The Morgan fingerprint density at radius 2 is 1.76 bits per heavy atom. The molecule has 2 aromatic carbocycles. The zero-order valence-electron chi connectivity index (χ0n) is 25.4. The first-order valence-electron chi connectivity index (χ1n) is 15.0. The molecule has 0 bridgehead atoms. The van der Waals surface area contributed by atoms with Crippen molar-refractivity contribution in [3.8, 4) is 0 Å². The minimum Gasteiger partial charge on any atom is -0.308 e. The van der Waals surface area contributed by atoms with E-state index >= 15 is 0 Å². The first-order valence-corrected chi connectivity index (χ1v) is 15.0. The molecule has 1 fully saturated rings. The van der Waals surface area contributed by atoms with Crippen LogP contribution in [-0.2, 0) is 23.9 Å². The predicted octanol–water partition coefficient (Wildman–Crippen LogP) is 8.09. The van der Waals surface area contributed by atoms with Crippen LogP contribution >= 0.6 is 0 Å². The van der Waals surface area contributed by atoms with Crippen molar-refractivity contribution in [1.82, 2.24) is 4.90 Å². The zero-order valence-corrected chi connectivity index (χ0v) is 25.4. The van der Waals surface area contributed by atoms with E-state index in [-0.39, 0.29) is 34.9 Å². The summed E-state index contributed by atoms with van der Waals surface area (Å²) < 4.78 is 40.6. The van der Waals surface area contributed by atoms with Gasteiger partial charge < -0.3 is 4.90 Å². The Kier molecular flexibility index (Phi) is 9.43. The molecule has 1 aliphatic heterocycles. The van der Waals surface area contributed by atoms with Crippen LogP contribution in [0.3, 0.4) is 0 Å². The maximum Gasteiger partial charge on any atom is 0.416 e. The van der Waals surface area contributed by atoms with Crippen LogP contribution in [0.4, 0.5) is 13.2 Å². The van der Waals surface area contributed by atoms with E-state index in [4.69, 9.17) is 4.99 Å². The average Bonchev–Trinajstić information content (AvgIpc) is 3.19. The molecule has 1 saturated carbocycles. The first-order chi connectivity index (χ1) is 19.8. The van der Waals surface area contributed by atoms with Gasteiger partial charge in [-0.05, 0) is 79.2 Å². The summed E-state index contributed by atoms with van der Waals surface area (Å²) in [4.78, 5) is 37.7. The lowest BCUT2D eigenvalue weighted by molar-refractivity contribution is -0.137. The monoisotopic (exact) mass is 581 g/mol. The molecule has 0 unspecified atom stereocenters. The molecule has 0 atom stereocenters. The van der Waals surface area contributed by atoms with Gasteiger partial charge in [-0.2, -0.15) is 13.2 Å². The summed E-state index contributed by atoms with van der Waals surface area (Å²) in [6.45, 7) is 11.6. The third kappa shape index (κ3) is 6.84. The van der Waals surface area contributed by atoms with Crippen molar-refractivity contribution in [3.63, 3.8) is 0 Å². The van der Waals surface area contributed by atoms with Gasteiger partial charge in [-0.3, -0.25) is 19.6 Å². The van der Waals surface area contributed by atoms with Gasteiger partial charge in [-0.15, -0.1) is 0 Å². The fourth-order valence-electron chi connectivity index (χ4n) is 6.17. The average molecular weight is 582 g/mol. The standard InChI is InChI=1S/C34H42F3N3O2/c1-6-9-23-19-24(29(41)21-38-18-7-2)12-13-26(23)22-40-31(42)30(25-10-8-11-28(20-25)34(35,36)37)39-33(40)16-14-27(15-17-33)32(3,4)5/h8,10-13,19-21,27H,6-7,9,14-18,22H2,1-5H3. The Labute approximate surface area is 247 Å². The number of carbonyl (C=O) groups is 2. The van der Waals surface area contributed by atoms with Crippen LogP contribution in [-0.4, -0.2) is 40.7 Å². The number of nitrogens with zero attached hydrogens (tertiary/aromatic N) is 3. The summed E-state index contributed by atoms with van der Waals surface area (Å²) >= 11 is 0. The second-order valence-corrected chi connectivity index (χ2v) is 12.7. The van der Waals surface area contributed by atoms with E-state index in [9.17, 15) is 22.8 Å². The Morgan fingerprint density at radius 1 is 1.05 bits per heavy atom. The fraction of sp³-hybridized carbons (Fsp3) is 0.529. The van der Waals surface area contributed by atoms with E-state index in [0.717, 1.165) is 55.4 Å². The molecule has 4 rings (SSSR count). The molecule has 0 aromatic heterocycles. The molecular formula is C34H42F3N3O2. The van der Waals surface area contributed by atoms with E-state index in [1.807, 2.05) is 19.1 Å². The number of aryl methyl sites for hydroxylation is 1. The molecule has 1 spiro atoms. The predicted molar refractivity (Wildman–Crippen MR) is 161 cm³/mol. The second kappa shape index (κ2) is 12.5. The summed E-state index contributed by atoms with van der Waals surface area (Å²) in [5, 5.41) is 0. The van der Waals surface area contributed by atoms with Gasteiger partial charge in [-0.25, -0.2) is 0 Å². The van der Waals surface area contributed by atoms with Crippen molar-refractivity contribution in [3.05, 3.63) is 70.3 Å². The van der Waals surface area contributed by atoms with Crippen LogP contribution in [0.1, 0.15) is 106 Å². The molecule has 1 amide bonds. The molecule has 1 heterocycles. The van der Waals surface area contributed by atoms with E-state index in [0.29, 0.717) is 30.9 Å². The molecule has 2 aromatic rings. The van der Waals surface area contributed by atoms with Crippen LogP contribution in [0.2, 0.25) is 0 Å². The summed E-state index contributed by atoms with van der Waals surface area (Å²) in [5.74, 6) is -0.0437. The number of hydrogen-bond donors (Lipinski definition) is 0. The van der Waals surface area contributed by atoms with Crippen molar-refractivity contribution >= 4 is 23.6 Å². The number of Topliss-reactive ketones (excluding diaryl/α,β-unsaturated/α-hetero) is 1. The van der Waals surface area contributed by atoms with E-state index in [1.54, 1.807) is 11.0 Å². The maximum absolute atomic E-state index is 14.1. The molecule has 5 nitrogen and oxygen atoms in total. The molecule has 1 aliphatic carbocycles. The maximum atomic E-state index is 14.1. The molecule has 2 aliphatic rings. The zero-order chi connectivity index (χ0) is 30.7. The number of rotatable bonds is 9. The van der Waals surface area contributed by atoms with Crippen LogP contribution in [0.5, 0.6) is 0 Å². The van der Waals surface area contributed by atoms with Gasteiger partial charge in [0.2, 0.25) is 5.78 Å². The van der Waals surface area contributed by atoms with Crippen LogP contribution in [0, 0.1) is 11.3 Å². The SMILES string of the molecule is CCCN=CC(=O)c1ccc(CN2C(=O)C(c3cccc(C(F)(F)F)c3)=NC23CCC(C(C)(C)C)CC3)c(CCC)c1. The number of amides is 1. The van der Waals surface area contributed by atoms with Crippen molar-refractivity contribution in [1.29, 1.82) is 0 Å². The molecule has 8 heteroatoms. The Balaban J connectivity index is 1.71. The first kappa shape index (κ1) is 31.6. The van der Waals surface area contributed by atoms with Gasteiger partial charge >= 0.3 is 6.18 Å². The lowest BCUT2D eigenvalue weighted by Crippen LogP contribution is -2.49. The summed E-state index contributed by atoms with van der Waals surface area (Å²) in [5.41, 5.74) is 1.23. The molecule has 42 heavy (non-hydrogen) atoms. The van der Waals surface area contributed by atoms with E-state index in [1.165, 1.54) is 18.3 Å². The van der Waals surface area contributed by atoms with Gasteiger partial charge in [-0.1, -0.05) is 65.3 Å². The minimum absolute atomic E-state index is 0.0892. The highest BCUT2D eigenvalue weighted by Gasteiger charge is 2.50. The quantitative estimate of drug-likeness (QED) is 0.222. The molecule has 0 saturated heterocycles. The highest BCUT2D eigenvalue weighted by atomic mass is 19.4. The molecule has 226 valence electrons. The topological polar surface area (TPSA) is 62.1 Å². The van der Waals surface area contributed by atoms with Crippen LogP contribution in [0.25, 0.3) is 0 Å². The number of aliphatic imine (C=N–C) groups is 2. The van der Waals surface area contributed by atoms with Crippen molar-refractivity contribution in [2.45, 2.75) is 97.9 Å². The van der Waals surface area contributed by atoms with Gasteiger partial charge in [0, 0.05) is 24.2 Å². The van der Waals surface area contributed by atoms with Crippen LogP contribution < -0.4 is 0 Å². The summed E-state index contributed by atoms with van der Waals surface area (Å²) in [6, 6.07) is 10.5. The van der Waals surface area contributed by atoms with E-state index in [2.05, 4.69) is 32.7 Å². The molecule has 0 radical (unpaired) electrons. The van der Waals surface area contributed by atoms with Crippen molar-refractivity contribution in [2.24, 2.45) is 21.3 Å². The Bertz CT molecular complexity index is 1360. The van der Waals surface area contributed by atoms with Gasteiger partial charge in [0.1, 0.15) is 11.4 Å². The highest BCUT2D eigenvalue weighted by Crippen LogP contribution is 2.47. The Morgan fingerprint density at radius 3 is 2.38 bits per heavy atom. The number of benzene rings is 2. The Hall–Kier alpha value is -3.29. The number of halogens is 3. The highest BCUT2D eigenvalue weighted by molar-refractivity contribution is 6.46.